The number of nitrogens with one attached hydrogen (secondary N) is 1. The van der Waals surface area contributed by atoms with E-state index in [9.17, 15) is 19.8 Å². The van der Waals surface area contributed by atoms with Crippen molar-refractivity contribution >= 4 is 44.9 Å². The standard InChI is InChI=1S/C31H24ClNO4S/c32-25-11-8-20(9-12-25)22-6-7-23-18-29(38-28(23)17-22)30(35)33-27(31(36)37)16-21-10-13-26(34)15-24(21)14-19-4-2-1-3-5-19/h1-13,15,17-18,27,34H,14,16H2,(H,33,35)(H,36,37)/t27-/m0/s1. The molecule has 5 nitrogen and oxygen atoms in total. The number of fused-ring (bicyclic) bond motifs is 1. The van der Waals surface area contributed by atoms with Crippen molar-refractivity contribution in [1.29, 1.82) is 0 Å². The third-order valence-electron chi connectivity index (χ3n) is 6.38. The van der Waals surface area contributed by atoms with E-state index in [2.05, 4.69) is 5.32 Å². The van der Waals surface area contributed by atoms with Crippen molar-refractivity contribution in [3.63, 3.8) is 0 Å². The topological polar surface area (TPSA) is 86.6 Å². The van der Waals surface area contributed by atoms with Crippen molar-refractivity contribution in [2.75, 3.05) is 0 Å². The van der Waals surface area contributed by atoms with Crippen LogP contribution in [0.5, 0.6) is 5.75 Å². The molecule has 1 aromatic heterocycles. The minimum Gasteiger partial charge on any atom is -0.508 e. The molecule has 0 aliphatic carbocycles. The van der Waals surface area contributed by atoms with E-state index in [1.165, 1.54) is 17.4 Å². The normalized spacial score (nSPS) is 11.8. The van der Waals surface area contributed by atoms with E-state index in [1.807, 2.05) is 72.8 Å². The molecular formula is C31H24ClNO4S. The summed E-state index contributed by atoms with van der Waals surface area (Å²) in [6.07, 6.45) is 0.631. The lowest BCUT2D eigenvalue weighted by Gasteiger charge is -2.17. The second-order valence-electron chi connectivity index (χ2n) is 9.05. The van der Waals surface area contributed by atoms with Crippen LogP contribution in [0.2, 0.25) is 5.02 Å². The first-order valence-electron chi connectivity index (χ1n) is 12.0. The Morgan fingerprint density at radius 1 is 0.842 bits per heavy atom. The molecule has 0 aliphatic heterocycles. The largest absolute Gasteiger partial charge is 0.508 e. The van der Waals surface area contributed by atoms with E-state index in [0.717, 1.165) is 37.9 Å². The fraction of sp³-hybridized carbons (Fsp3) is 0.0968. The fourth-order valence-electron chi connectivity index (χ4n) is 4.41. The van der Waals surface area contributed by atoms with Gasteiger partial charge in [-0.3, -0.25) is 4.79 Å². The van der Waals surface area contributed by atoms with Crippen molar-refractivity contribution in [3.05, 3.63) is 124 Å². The number of amides is 1. The maximum Gasteiger partial charge on any atom is 0.326 e. The molecule has 1 atom stereocenters. The van der Waals surface area contributed by atoms with Gasteiger partial charge in [-0.05, 0) is 76.0 Å². The molecule has 0 saturated carbocycles. The molecule has 0 bridgehead atoms. The van der Waals surface area contributed by atoms with Crippen LogP contribution in [-0.2, 0) is 17.6 Å². The first kappa shape index (κ1) is 25.5. The predicted octanol–water partition coefficient (Wildman–Crippen LogP) is 6.94. The second-order valence-corrected chi connectivity index (χ2v) is 10.6. The van der Waals surface area contributed by atoms with Gasteiger partial charge in [0.15, 0.2) is 0 Å². The number of aliphatic carboxylic acids is 1. The molecule has 4 aromatic carbocycles. The first-order valence-corrected chi connectivity index (χ1v) is 13.2. The first-order chi connectivity index (χ1) is 18.4. The van der Waals surface area contributed by atoms with E-state index in [1.54, 1.807) is 18.2 Å². The van der Waals surface area contributed by atoms with Gasteiger partial charge in [0, 0.05) is 16.1 Å². The van der Waals surface area contributed by atoms with Gasteiger partial charge in [0.2, 0.25) is 0 Å². The van der Waals surface area contributed by atoms with Crippen molar-refractivity contribution in [2.24, 2.45) is 0 Å². The summed E-state index contributed by atoms with van der Waals surface area (Å²) in [6, 6.07) is 28.8. The van der Waals surface area contributed by atoms with Gasteiger partial charge in [0.1, 0.15) is 11.8 Å². The van der Waals surface area contributed by atoms with Crippen LogP contribution in [-0.4, -0.2) is 28.1 Å². The molecule has 0 aliphatic rings. The molecule has 190 valence electrons. The van der Waals surface area contributed by atoms with E-state index >= 15 is 0 Å². The van der Waals surface area contributed by atoms with E-state index < -0.39 is 17.9 Å². The Morgan fingerprint density at radius 2 is 1.58 bits per heavy atom. The highest BCUT2D eigenvalue weighted by Crippen LogP contribution is 2.31. The number of rotatable bonds is 8. The van der Waals surface area contributed by atoms with Gasteiger partial charge in [-0.25, -0.2) is 4.79 Å². The number of carboxylic acid groups (broad SMARTS) is 1. The zero-order valence-corrected chi connectivity index (χ0v) is 21.8. The van der Waals surface area contributed by atoms with Crippen LogP contribution in [0.3, 0.4) is 0 Å². The van der Waals surface area contributed by atoms with Crippen LogP contribution in [0.25, 0.3) is 21.2 Å². The quantitative estimate of drug-likeness (QED) is 0.198. The molecule has 5 aromatic rings. The highest BCUT2D eigenvalue weighted by molar-refractivity contribution is 7.20. The number of hydrogen-bond acceptors (Lipinski definition) is 4. The van der Waals surface area contributed by atoms with Crippen molar-refractivity contribution in [1.82, 2.24) is 5.32 Å². The minimum absolute atomic E-state index is 0.0924. The average Bonchev–Trinajstić information content (AvgIpc) is 3.34. The number of aromatic hydroxyl groups is 1. The lowest BCUT2D eigenvalue weighted by atomic mass is 9.95. The maximum absolute atomic E-state index is 13.1. The average molecular weight is 542 g/mol. The Hall–Kier alpha value is -4.13. The smallest absolute Gasteiger partial charge is 0.326 e. The summed E-state index contributed by atoms with van der Waals surface area (Å²) in [5, 5.41) is 24.2. The van der Waals surface area contributed by atoms with Gasteiger partial charge in [-0.15, -0.1) is 11.3 Å². The van der Waals surface area contributed by atoms with Crippen molar-refractivity contribution in [2.45, 2.75) is 18.9 Å². The van der Waals surface area contributed by atoms with Gasteiger partial charge in [0.25, 0.3) is 5.91 Å². The molecule has 0 spiro atoms. The van der Waals surface area contributed by atoms with Crippen LogP contribution in [0, 0.1) is 0 Å². The molecule has 3 N–H and O–H groups in total. The number of hydrogen-bond donors (Lipinski definition) is 3. The highest BCUT2D eigenvalue weighted by Gasteiger charge is 2.23. The number of halogens is 1. The molecule has 0 unspecified atom stereocenters. The Bertz CT molecular complexity index is 1610. The summed E-state index contributed by atoms with van der Waals surface area (Å²) in [7, 11) is 0. The zero-order chi connectivity index (χ0) is 26.6. The third-order valence-corrected chi connectivity index (χ3v) is 7.72. The number of phenols is 1. The summed E-state index contributed by atoms with van der Waals surface area (Å²) in [4.78, 5) is 25.7. The van der Waals surface area contributed by atoms with Gasteiger partial charge < -0.3 is 15.5 Å². The molecule has 7 heteroatoms. The molecule has 1 heterocycles. The molecule has 0 saturated heterocycles. The Balaban J connectivity index is 1.35. The van der Waals surface area contributed by atoms with E-state index in [-0.39, 0.29) is 12.2 Å². The van der Waals surface area contributed by atoms with Crippen molar-refractivity contribution < 1.29 is 19.8 Å². The number of carboxylic acids is 1. The maximum atomic E-state index is 13.1. The predicted molar refractivity (Wildman–Crippen MR) is 152 cm³/mol. The number of phenolic OH excluding ortho intramolecular Hbond substituents is 1. The molecule has 0 fully saturated rings. The molecular weight excluding hydrogens is 518 g/mol. The SMILES string of the molecule is O=C(N[C@@H](Cc1ccc(O)cc1Cc1ccccc1)C(=O)O)c1cc2ccc(-c3ccc(Cl)cc3)cc2s1. The lowest BCUT2D eigenvalue weighted by molar-refractivity contribution is -0.139. The van der Waals surface area contributed by atoms with Crippen LogP contribution in [0.15, 0.2) is 97.1 Å². The number of thiophene rings is 1. The van der Waals surface area contributed by atoms with Crippen LogP contribution in [0.1, 0.15) is 26.4 Å². The fourth-order valence-corrected chi connectivity index (χ4v) is 5.54. The highest BCUT2D eigenvalue weighted by atomic mass is 35.5. The summed E-state index contributed by atoms with van der Waals surface area (Å²) in [6.45, 7) is 0. The monoisotopic (exact) mass is 541 g/mol. The van der Waals surface area contributed by atoms with Gasteiger partial charge >= 0.3 is 5.97 Å². The summed E-state index contributed by atoms with van der Waals surface area (Å²) >= 11 is 7.32. The third kappa shape index (κ3) is 5.88. The van der Waals surface area contributed by atoms with Crippen molar-refractivity contribution in [3.8, 4) is 16.9 Å². The summed E-state index contributed by atoms with van der Waals surface area (Å²) < 4.78 is 0.929. The summed E-state index contributed by atoms with van der Waals surface area (Å²) in [5.41, 5.74) is 4.63. The molecule has 5 rings (SSSR count). The second kappa shape index (κ2) is 11.1. The minimum atomic E-state index is -1.13. The lowest BCUT2D eigenvalue weighted by Crippen LogP contribution is -2.42. The van der Waals surface area contributed by atoms with Crippen LogP contribution in [0.4, 0.5) is 0 Å². The Morgan fingerprint density at radius 3 is 2.32 bits per heavy atom. The number of benzene rings is 4. The summed E-state index contributed by atoms with van der Waals surface area (Å²) in [5.74, 6) is -1.45. The Labute approximate surface area is 229 Å². The van der Waals surface area contributed by atoms with Crippen LogP contribution < -0.4 is 5.32 Å². The molecule has 0 radical (unpaired) electrons. The number of carbonyl (C=O) groups is 2. The number of carbonyl (C=O) groups excluding carboxylic acids is 1. The Kier molecular flexibility index (Phi) is 7.45. The van der Waals surface area contributed by atoms with E-state index in [0.29, 0.717) is 16.3 Å². The van der Waals surface area contributed by atoms with Gasteiger partial charge in [0.05, 0.1) is 4.88 Å². The van der Waals surface area contributed by atoms with Gasteiger partial charge in [-0.2, -0.15) is 0 Å². The zero-order valence-electron chi connectivity index (χ0n) is 20.2. The van der Waals surface area contributed by atoms with E-state index in [4.69, 9.17) is 11.6 Å². The molecule has 38 heavy (non-hydrogen) atoms. The van der Waals surface area contributed by atoms with Gasteiger partial charge in [-0.1, -0.05) is 72.3 Å². The van der Waals surface area contributed by atoms with Crippen LogP contribution >= 0.6 is 22.9 Å². The molecule has 1 amide bonds.